The van der Waals surface area contributed by atoms with Gasteiger partial charge in [-0.1, -0.05) is 48.0 Å². The smallest absolute Gasteiger partial charge is 0.259 e. The summed E-state index contributed by atoms with van der Waals surface area (Å²) in [6, 6.07) is 15.8. The Hall–Kier alpha value is -3.41. The molecule has 6 heteroatoms. The van der Waals surface area contributed by atoms with Gasteiger partial charge in [-0.25, -0.2) is 0 Å². The van der Waals surface area contributed by atoms with E-state index in [0.29, 0.717) is 27.3 Å². The van der Waals surface area contributed by atoms with Crippen LogP contribution in [0.2, 0.25) is 5.02 Å². The van der Waals surface area contributed by atoms with E-state index in [-0.39, 0.29) is 0 Å². The summed E-state index contributed by atoms with van der Waals surface area (Å²) < 4.78 is 0. The number of hydrogen-bond acceptors (Lipinski definition) is 3. The van der Waals surface area contributed by atoms with Crippen LogP contribution >= 0.6 is 11.6 Å². The van der Waals surface area contributed by atoms with Crippen LogP contribution in [0, 0.1) is 6.92 Å². The van der Waals surface area contributed by atoms with Crippen LogP contribution in [0.1, 0.15) is 22.3 Å². The van der Waals surface area contributed by atoms with Crippen molar-refractivity contribution >= 4 is 56.2 Å². The van der Waals surface area contributed by atoms with Crippen LogP contribution < -0.4 is 5.32 Å². The molecule has 5 nitrogen and oxygen atoms in total. The van der Waals surface area contributed by atoms with Gasteiger partial charge in [0.2, 0.25) is 0 Å². The molecule has 0 atom stereocenters. The molecule has 3 aromatic carbocycles. The van der Waals surface area contributed by atoms with Crippen LogP contribution in [-0.4, -0.2) is 35.8 Å². The second-order valence-corrected chi connectivity index (χ2v) is 8.86. The van der Waals surface area contributed by atoms with Gasteiger partial charge in [0.25, 0.3) is 11.8 Å². The monoisotopic (exact) mass is 443 g/mol. The summed E-state index contributed by atoms with van der Waals surface area (Å²) in [5.74, 6) is -0.844. The molecule has 1 aliphatic rings. The number of carbonyl (C=O) groups excluding carboxylic acids is 2. The summed E-state index contributed by atoms with van der Waals surface area (Å²) in [5, 5.41) is 5.62. The lowest BCUT2D eigenvalue weighted by Crippen LogP contribution is -2.22. The second kappa shape index (κ2) is 7.62. The number of aromatic nitrogens is 1. The van der Waals surface area contributed by atoms with E-state index in [9.17, 15) is 9.59 Å². The van der Waals surface area contributed by atoms with Gasteiger partial charge < -0.3 is 9.88 Å². The number of para-hydroxylation sites is 1. The minimum atomic E-state index is -0.432. The molecule has 2 N–H and O–H groups in total. The molecule has 0 fully saturated rings. The molecule has 0 radical (unpaired) electrons. The van der Waals surface area contributed by atoms with Crippen LogP contribution in [0.25, 0.3) is 32.8 Å². The molecule has 160 valence electrons. The van der Waals surface area contributed by atoms with E-state index in [4.69, 9.17) is 11.6 Å². The minimum absolute atomic E-state index is 0.313. The fourth-order valence-electron chi connectivity index (χ4n) is 4.53. The van der Waals surface area contributed by atoms with Crippen molar-refractivity contribution < 1.29 is 9.59 Å². The highest BCUT2D eigenvalue weighted by Gasteiger charge is 2.35. The zero-order valence-electron chi connectivity index (χ0n) is 18.0. The molecular formula is C26H22ClN3O2. The van der Waals surface area contributed by atoms with Gasteiger partial charge in [0.1, 0.15) is 0 Å². The highest BCUT2D eigenvalue weighted by molar-refractivity contribution is 6.52. The van der Waals surface area contributed by atoms with Crippen molar-refractivity contribution in [2.24, 2.45) is 0 Å². The highest BCUT2D eigenvalue weighted by atomic mass is 35.5. The summed E-state index contributed by atoms with van der Waals surface area (Å²) in [6.45, 7) is 2.81. The zero-order valence-corrected chi connectivity index (χ0v) is 18.8. The maximum Gasteiger partial charge on any atom is 0.259 e. The number of halogens is 1. The summed E-state index contributed by atoms with van der Waals surface area (Å²) in [6.07, 6.45) is 1.79. The van der Waals surface area contributed by atoms with Gasteiger partial charge in [0.05, 0.1) is 11.1 Å². The lowest BCUT2D eigenvalue weighted by molar-refractivity contribution is -0.122. The van der Waals surface area contributed by atoms with Crippen LogP contribution in [0.4, 0.5) is 0 Å². The van der Waals surface area contributed by atoms with Gasteiger partial charge in [0.15, 0.2) is 0 Å². The van der Waals surface area contributed by atoms with Crippen LogP contribution in [0.5, 0.6) is 0 Å². The molecule has 32 heavy (non-hydrogen) atoms. The number of aryl methyl sites for hydroxylation is 1. The predicted molar refractivity (Wildman–Crippen MR) is 129 cm³/mol. The Bertz CT molecular complexity index is 1460. The molecule has 1 aromatic heterocycles. The molecular weight excluding hydrogens is 422 g/mol. The van der Waals surface area contributed by atoms with Crippen LogP contribution in [-0.2, 0) is 16.1 Å². The number of carbonyl (C=O) groups is 2. The van der Waals surface area contributed by atoms with E-state index >= 15 is 0 Å². The summed E-state index contributed by atoms with van der Waals surface area (Å²) >= 11 is 6.65. The third-order valence-electron chi connectivity index (χ3n) is 5.91. The van der Waals surface area contributed by atoms with Gasteiger partial charge in [-0.15, -0.1) is 0 Å². The Morgan fingerprint density at radius 1 is 0.938 bits per heavy atom. The molecule has 0 aliphatic carbocycles. The van der Waals surface area contributed by atoms with Gasteiger partial charge in [-0.05, 0) is 55.1 Å². The van der Waals surface area contributed by atoms with E-state index in [1.54, 1.807) is 12.3 Å². The number of aromatic amines is 1. The predicted octanol–water partition coefficient (Wildman–Crippen LogP) is 4.91. The molecule has 1 aliphatic heterocycles. The first-order chi connectivity index (χ1) is 15.3. The number of amides is 2. The SMILES string of the molecule is Cc1cccc2c(C3=C(c4c(Cl)ccc5cc(CN(C)C)ccc45)C(=O)NC3=O)c[nH]c12. The average Bonchev–Trinajstić information content (AvgIpc) is 3.28. The first-order valence-corrected chi connectivity index (χ1v) is 10.8. The first kappa shape index (κ1) is 20.5. The number of rotatable bonds is 4. The fraction of sp³-hybridized carbons (Fsp3) is 0.154. The summed E-state index contributed by atoms with van der Waals surface area (Å²) in [4.78, 5) is 31.4. The zero-order chi connectivity index (χ0) is 22.6. The number of hydrogen-bond donors (Lipinski definition) is 2. The van der Waals surface area contributed by atoms with Crippen molar-refractivity contribution in [3.8, 4) is 0 Å². The Labute approximate surface area is 190 Å². The average molecular weight is 444 g/mol. The van der Waals surface area contributed by atoms with Crippen LogP contribution in [0.15, 0.2) is 54.7 Å². The molecule has 2 heterocycles. The van der Waals surface area contributed by atoms with E-state index in [0.717, 1.165) is 39.3 Å². The maximum absolute atomic E-state index is 13.0. The number of H-pyrrole nitrogens is 1. The van der Waals surface area contributed by atoms with E-state index in [2.05, 4.69) is 21.3 Å². The minimum Gasteiger partial charge on any atom is -0.360 e. The van der Waals surface area contributed by atoms with Crippen molar-refractivity contribution in [1.82, 2.24) is 15.2 Å². The lowest BCUT2D eigenvalue weighted by Gasteiger charge is -2.14. The lowest BCUT2D eigenvalue weighted by atomic mass is 9.91. The van der Waals surface area contributed by atoms with Crippen molar-refractivity contribution in [2.75, 3.05) is 14.1 Å². The molecule has 0 spiro atoms. The van der Waals surface area contributed by atoms with E-state index in [1.165, 1.54) is 0 Å². The molecule has 4 aromatic rings. The number of nitrogens with zero attached hydrogens (tertiary/aromatic N) is 1. The topological polar surface area (TPSA) is 65.2 Å². The van der Waals surface area contributed by atoms with E-state index < -0.39 is 11.8 Å². The first-order valence-electron chi connectivity index (χ1n) is 10.4. The van der Waals surface area contributed by atoms with Crippen molar-refractivity contribution in [1.29, 1.82) is 0 Å². The van der Waals surface area contributed by atoms with Crippen LogP contribution in [0.3, 0.4) is 0 Å². The van der Waals surface area contributed by atoms with Gasteiger partial charge in [-0.2, -0.15) is 0 Å². The third-order valence-corrected chi connectivity index (χ3v) is 6.22. The Balaban J connectivity index is 1.80. The third kappa shape index (κ3) is 3.22. The summed E-state index contributed by atoms with van der Waals surface area (Å²) in [7, 11) is 4.04. The quantitative estimate of drug-likeness (QED) is 0.440. The molecule has 5 rings (SSSR count). The van der Waals surface area contributed by atoms with Gasteiger partial charge >= 0.3 is 0 Å². The highest BCUT2D eigenvalue weighted by Crippen LogP contribution is 2.41. The van der Waals surface area contributed by atoms with Gasteiger partial charge in [-0.3, -0.25) is 14.9 Å². The van der Waals surface area contributed by atoms with Crippen molar-refractivity contribution in [3.63, 3.8) is 0 Å². The number of imide groups is 1. The fourth-order valence-corrected chi connectivity index (χ4v) is 4.79. The molecule has 2 amide bonds. The molecule has 0 saturated carbocycles. The molecule has 0 bridgehead atoms. The maximum atomic E-state index is 13.0. The van der Waals surface area contributed by atoms with Gasteiger partial charge in [0, 0.05) is 39.8 Å². The number of nitrogens with one attached hydrogen (secondary N) is 2. The Kier molecular flexibility index (Phi) is 4.88. The van der Waals surface area contributed by atoms with Crippen molar-refractivity contribution in [2.45, 2.75) is 13.5 Å². The molecule has 0 unspecified atom stereocenters. The Morgan fingerprint density at radius 2 is 1.72 bits per heavy atom. The molecule has 0 saturated heterocycles. The number of fused-ring (bicyclic) bond motifs is 2. The number of benzene rings is 3. The van der Waals surface area contributed by atoms with Crippen molar-refractivity contribution in [3.05, 3.63) is 82.0 Å². The standard InChI is InChI=1S/C26H22ClN3O2/c1-14-5-4-6-18-19(12-28-24(14)18)22-23(26(32)29-25(22)31)21-17-9-7-15(13-30(2)3)11-16(17)8-10-20(21)27/h4-12,28H,13H2,1-3H3,(H,29,31,32). The van der Waals surface area contributed by atoms with E-state index in [1.807, 2.05) is 57.4 Å². The largest absolute Gasteiger partial charge is 0.360 e. The normalized spacial score (nSPS) is 14.3. The Morgan fingerprint density at radius 3 is 2.50 bits per heavy atom. The summed E-state index contributed by atoms with van der Waals surface area (Å²) in [5.41, 5.74) is 5.10. The second-order valence-electron chi connectivity index (χ2n) is 8.45.